The maximum Gasteiger partial charge on any atom is 0.308 e. The molecule has 0 aliphatic rings. The highest BCUT2D eigenvalue weighted by Gasteiger charge is 2.18. The van der Waals surface area contributed by atoms with E-state index in [2.05, 4.69) is 0 Å². The van der Waals surface area contributed by atoms with Crippen LogP contribution in [-0.4, -0.2) is 40.6 Å². The van der Waals surface area contributed by atoms with Crippen LogP contribution in [0.1, 0.15) is 22.8 Å². The minimum atomic E-state index is -0.926. The molecule has 0 bridgehead atoms. The zero-order chi connectivity index (χ0) is 13.7. The maximum atomic E-state index is 12.0. The molecule has 0 spiro atoms. The van der Waals surface area contributed by atoms with E-state index in [1.807, 2.05) is 0 Å². The molecular formula is C13H17NO4. The topological polar surface area (TPSA) is 77.8 Å². The average Bonchev–Trinajstić information content (AvgIpc) is 2.37. The van der Waals surface area contributed by atoms with Crippen molar-refractivity contribution in [1.29, 1.82) is 0 Å². The van der Waals surface area contributed by atoms with Crippen LogP contribution in [0.5, 0.6) is 0 Å². The number of carboxylic acid groups (broad SMARTS) is 1. The zero-order valence-corrected chi connectivity index (χ0v) is 10.5. The normalized spacial score (nSPS) is 11.9. The van der Waals surface area contributed by atoms with Gasteiger partial charge in [-0.2, -0.15) is 0 Å². The van der Waals surface area contributed by atoms with Crippen LogP contribution >= 0.6 is 0 Å². The third-order valence-corrected chi connectivity index (χ3v) is 2.70. The molecule has 5 nitrogen and oxygen atoms in total. The van der Waals surface area contributed by atoms with E-state index in [1.54, 1.807) is 38.2 Å². The van der Waals surface area contributed by atoms with Crippen LogP contribution in [0.3, 0.4) is 0 Å². The average molecular weight is 251 g/mol. The van der Waals surface area contributed by atoms with Gasteiger partial charge >= 0.3 is 5.97 Å². The number of nitrogens with zero attached hydrogens (tertiary/aromatic N) is 1. The Morgan fingerprint density at radius 1 is 1.28 bits per heavy atom. The maximum absolute atomic E-state index is 12.0. The highest BCUT2D eigenvalue weighted by Crippen LogP contribution is 2.08. The van der Waals surface area contributed by atoms with Gasteiger partial charge in [-0.05, 0) is 17.7 Å². The summed E-state index contributed by atoms with van der Waals surface area (Å²) in [5, 5.41) is 17.7. The lowest BCUT2D eigenvalue weighted by atomic mass is 10.1. The molecule has 0 aliphatic heterocycles. The molecule has 98 valence electrons. The Kier molecular flexibility index (Phi) is 4.85. The van der Waals surface area contributed by atoms with E-state index in [0.717, 1.165) is 5.56 Å². The van der Waals surface area contributed by atoms with Crippen molar-refractivity contribution < 1.29 is 19.8 Å². The van der Waals surface area contributed by atoms with E-state index < -0.39 is 11.9 Å². The van der Waals surface area contributed by atoms with Gasteiger partial charge < -0.3 is 15.1 Å². The van der Waals surface area contributed by atoms with Crippen molar-refractivity contribution in [2.45, 2.75) is 13.5 Å². The Morgan fingerprint density at radius 2 is 1.83 bits per heavy atom. The molecule has 1 aromatic carbocycles. The first-order valence-electron chi connectivity index (χ1n) is 5.63. The van der Waals surface area contributed by atoms with Crippen molar-refractivity contribution in [3.8, 4) is 0 Å². The molecule has 0 saturated heterocycles. The van der Waals surface area contributed by atoms with Crippen molar-refractivity contribution in [1.82, 2.24) is 4.90 Å². The fourth-order valence-corrected chi connectivity index (χ4v) is 1.54. The van der Waals surface area contributed by atoms with E-state index in [1.165, 1.54) is 4.90 Å². The van der Waals surface area contributed by atoms with E-state index in [9.17, 15) is 9.59 Å². The van der Waals surface area contributed by atoms with Crippen LogP contribution in [0.2, 0.25) is 0 Å². The van der Waals surface area contributed by atoms with E-state index in [4.69, 9.17) is 10.2 Å². The fraction of sp³-hybridized carbons (Fsp3) is 0.385. The molecular weight excluding hydrogens is 234 g/mol. The predicted molar refractivity (Wildman–Crippen MR) is 66.1 cm³/mol. The van der Waals surface area contributed by atoms with Gasteiger partial charge in [0.2, 0.25) is 0 Å². The Labute approximate surface area is 106 Å². The summed E-state index contributed by atoms with van der Waals surface area (Å²) in [6, 6.07) is 6.58. The first kappa shape index (κ1) is 14.2. The van der Waals surface area contributed by atoms with Crippen LogP contribution in [0.25, 0.3) is 0 Å². The molecule has 0 saturated carbocycles. The van der Waals surface area contributed by atoms with Gasteiger partial charge in [0.1, 0.15) is 0 Å². The summed E-state index contributed by atoms with van der Waals surface area (Å²) in [6.07, 6.45) is 0. The molecule has 1 atom stereocenters. The lowest BCUT2D eigenvalue weighted by Crippen LogP contribution is -2.33. The van der Waals surface area contributed by atoms with Crippen molar-refractivity contribution in [2.24, 2.45) is 5.92 Å². The molecule has 0 fully saturated rings. The van der Waals surface area contributed by atoms with Crippen LogP contribution in [0.15, 0.2) is 24.3 Å². The number of aliphatic carboxylic acids is 1. The number of hydrogen-bond donors (Lipinski definition) is 2. The van der Waals surface area contributed by atoms with E-state index in [-0.39, 0.29) is 19.1 Å². The molecule has 0 aliphatic carbocycles. The molecule has 18 heavy (non-hydrogen) atoms. The number of aliphatic hydroxyl groups is 1. The van der Waals surface area contributed by atoms with Crippen LogP contribution in [-0.2, 0) is 11.4 Å². The summed E-state index contributed by atoms with van der Waals surface area (Å²) in [7, 11) is 1.57. The number of carbonyl (C=O) groups is 2. The molecule has 0 radical (unpaired) electrons. The third-order valence-electron chi connectivity index (χ3n) is 2.70. The molecule has 0 aromatic heterocycles. The lowest BCUT2D eigenvalue weighted by Gasteiger charge is -2.19. The summed E-state index contributed by atoms with van der Waals surface area (Å²) in [5.41, 5.74) is 1.21. The van der Waals surface area contributed by atoms with Gasteiger partial charge in [-0.1, -0.05) is 19.1 Å². The van der Waals surface area contributed by atoms with Gasteiger partial charge in [0.25, 0.3) is 5.91 Å². The monoisotopic (exact) mass is 251 g/mol. The second kappa shape index (κ2) is 6.16. The SMILES string of the molecule is CC(CN(C)C(=O)c1ccc(CO)cc1)C(=O)O. The Bertz CT molecular complexity index is 427. The summed E-state index contributed by atoms with van der Waals surface area (Å²) in [4.78, 5) is 24.1. The highest BCUT2D eigenvalue weighted by molar-refractivity contribution is 5.94. The number of hydrogen-bond acceptors (Lipinski definition) is 3. The highest BCUT2D eigenvalue weighted by atomic mass is 16.4. The van der Waals surface area contributed by atoms with Gasteiger partial charge in [-0.3, -0.25) is 9.59 Å². The molecule has 1 amide bonds. The Hall–Kier alpha value is -1.88. The van der Waals surface area contributed by atoms with Gasteiger partial charge in [0.05, 0.1) is 12.5 Å². The number of aliphatic hydroxyl groups excluding tert-OH is 1. The minimum absolute atomic E-state index is 0.0691. The standard InChI is InChI=1S/C13H17NO4/c1-9(13(17)18)7-14(2)12(16)11-5-3-10(8-15)4-6-11/h3-6,9,15H,7-8H2,1-2H3,(H,17,18). The zero-order valence-electron chi connectivity index (χ0n) is 10.5. The molecule has 5 heteroatoms. The van der Waals surface area contributed by atoms with E-state index in [0.29, 0.717) is 5.56 Å². The molecule has 2 N–H and O–H groups in total. The second-order valence-corrected chi connectivity index (χ2v) is 4.28. The minimum Gasteiger partial charge on any atom is -0.481 e. The van der Waals surface area contributed by atoms with Gasteiger partial charge in [0, 0.05) is 19.2 Å². The molecule has 0 heterocycles. The fourth-order valence-electron chi connectivity index (χ4n) is 1.54. The Balaban J connectivity index is 2.70. The van der Waals surface area contributed by atoms with Crippen molar-refractivity contribution in [3.63, 3.8) is 0 Å². The quantitative estimate of drug-likeness (QED) is 0.817. The number of rotatable bonds is 5. The number of amides is 1. The van der Waals surface area contributed by atoms with Gasteiger partial charge in [-0.25, -0.2) is 0 Å². The van der Waals surface area contributed by atoms with Crippen molar-refractivity contribution in [3.05, 3.63) is 35.4 Å². The summed E-state index contributed by atoms with van der Waals surface area (Å²) >= 11 is 0. The van der Waals surface area contributed by atoms with Crippen LogP contribution in [0.4, 0.5) is 0 Å². The van der Waals surface area contributed by atoms with Crippen molar-refractivity contribution >= 4 is 11.9 Å². The molecule has 1 unspecified atom stereocenters. The smallest absolute Gasteiger partial charge is 0.308 e. The molecule has 1 aromatic rings. The van der Waals surface area contributed by atoms with Crippen LogP contribution in [0, 0.1) is 5.92 Å². The van der Waals surface area contributed by atoms with E-state index >= 15 is 0 Å². The van der Waals surface area contributed by atoms with Gasteiger partial charge in [-0.15, -0.1) is 0 Å². The second-order valence-electron chi connectivity index (χ2n) is 4.28. The third kappa shape index (κ3) is 3.56. The first-order chi connectivity index (χ1) is 8.45. The first-order valence-corrected chi connectivity index (χ1v) is 5.63. The predicted octanol–water partition coefficient (Wildman–Crippen LogP) is 0.972. The number of carbonyl (C=O) groups excluding carboxylic acids is 1. The lowest BCUT2D eigenvalue weighted by molar-refractivity contribution is -0.141. The van der Waals surface area contributed by atoms with Crippen molar-refractivity contribution in [2.75, 3.05) is 13.6 Å². The Morgan fingerprint density at radius 3 is 2.28 bits per heavy atom. The largest absolute Gasteiger partial charge is 0.481 e. The number of benzene rings is 1. The summed E-state index contributed by atoms with van der Waals surface area (Å²) in [6.45, 7) is 1.65. The van der Waals surface area contributed by atoms with Gasteiger partial charge in [0.15, 0.2) is 0 Å². The van der Waals surface area contributed by atoms with Crippen LogP contribution < -0.4 is 0 Å². The number of carboxylic acids is 1. The summed E-state index contributed by atoms with van der Waals surface area (Å²) < 4.78 is 0. The summed E-state index contributed by atoms with van der Waals surface area (Å²) in [5.74, 6) is -1.76. The molecule has 1 rings (SSSR count).